The average Bonchev–Trinajstić information content (AvgIpc) is 2.49. The molecular formula is C16H21N3O2. The van der Waals surface area contributed by atoms with E-state index in [9.17, 15) is 9.90 Å². The van der Waals surface area contributed by atoms with Gasteiger partial charge in [-0.2, -0.15) is 5.26 Å². The summed E-state index contributed by atoms with van der Waals surface area (Å²) in [6.07, 6.45) is 2.37. The fourth-order valence-corrected chi connectivity index (χ4v) is 2.77. The van der Waals surface area contributed by atoms with Gasteiger partial charge < -0.3 is 15.3 Å². The Bertz CT molecular complexity index is 521. The summed E-state index contributed by atoms with van der Waals surface area (Å²) in [5.41, 5.74) is 1.63. The first-order chi connectivity index (χ1) is 10.2. The molecule has 1 aliphatic heterocycles. The molecule has 5 nitrogen and oxygen atoms in total. The molecule has 21 heavy (non-hydrogen) atoms. The van der Waals surface area contributed by atoms with E-state index in [0.29, 0.717) is 24.6 Å². The van der Waals surface area contributed by atoms with Gasteiger partial charge in [-0.3, -0.25) is 0 Å². The number of carbonyl (C=O) groups is 1. The summed E-state index contributed by atoms with van der Waals surface area (Å²) in [6.45, 7) is 2.74. The Kier molecular flexibility index (Phi) is 5.18. The minimum Gasteiger partial charge on any atom is -0.394 e. The summed E-state index contributed by atoms with van der Waals surface area (Å²) in [5, 5.41) is 21.0. The molecule has 0 saturated carbocycles. The van der Waals surface area contributed by atoms with Crippen molar-refractivity contribution in [1.29, 1.82) is 5.26 Å². The smallest absolute Gasteiger partial charge is 0.322 e. The van der Waals surface area contributed by atoms with Gasteiger partial charge in [0.05, 0.1) is 25.1 Å². The lowest BCUT2D eigenvalue weighted by molar-refractivity contribution is 0.0811. The molecule has 1 fully saturated rings. The molecule has 1 aromatic rings. The Labute approximate surface area is 125 Å². The summed E-state index contributed by atoms with van der Waals surface area (Å²) in [5.74, 6) is 0.313. The van der Waals surface area contributed by atoms with Gasteiger partial charge in [-0.25, -0.2) is 4.79 Å². The Balaban J connectivity index is 2.01. The molecule has 1 aromatic carbocycles. The fourth-order valence-electron chi connectivity index (χ4n) is 2.77. The van der Waals surface area contributed by atoms with E-state index in [1.807, 2.05) is 12.1 Å². The summed E-state index contributed by atoms with van der Waals surface area (Å²) in [7, 11) is 0. The van der Waals surface area contributed by atoms with E-state index in [4.69, 9.17) is 5.26 Å². The average molecular weight is 287 g/mol. The van der Waals surface area contributed by atoms with Crippen molar-refractivity contribution in [2.45, 2.75) is 32.2 Å². The second kappa shape index (κ2) is 7.09. The fraction of sp³-hybridized carbons (Fsp3) is 0.500. The third kappa shape index (κ3) is 3.73. The highest BCUT2D eigenvalue weighted by molar-refractivity contribution is 5.89. The van der Waals surface area contributed by atoms with Gasteiger partial charge in [0.2, 0.25) is 0 Å². The molecule has 0 radical (unpaired) electrons. The number of piperidine rings is 1. The molecule has 2 unspecified atom stereocenters. The van der Waals surface area contributed by atoms with Crippen LogP contribution in [0.15, 0.2) is 24.3 Å². The number of hydrogen-bond donors (Lipinski definition) is 2. The van der Waals surface area contributed by atoms with Crippen LogP contribution in [0.5, 0.6) is 0 Å². The second-order valence-corrected chi connectivity index (χ2v) is 5.52. The maximum absolute atomic E-state index is 12.3. The Morgan fingerprint density at radius 2 is 2.19 bits per heavy atom. The van der Waals surface area contributed by atoms with Gasteiger partial charge in [0, 0.05) is 12.2 Å². The van der Waals surface area contributed by atoms with E-state index in [1.54, 1.807) is 17.0 Å². The molecule has 2 amide bonds. The normalized spacial score (nSPS) is 21.7. The van der Waals surface area contributed by atoms with Crippen LogP contribution in [-0.2, 0) is 6.42 Å². The number of aliphatic hydroxyl groups is 1. The minimum atomic E-state index is -0.173. The largest absolute Gasteiger partial charge is 0.394 e. The van der Waals surface area contributed by atoms with Crippen molar-refractivity contribution in [1.82, 2.24) is 4.90 Å². The zero-order valence-electron chi connectivity index (χ0n) is 12.2. The predicted molar refractivity (Wildman–Crippen MR) is 80.8 cm³/mol. The second-order valence-electron chi connectivity index (χ2n) is 5.52. The molecule has 1 saturated heterocycles. The Morgan fingerprint density at radius 3 is 2.81 bits per heavy atom. The topological polar surface area (TPSA) is 76.4 Å². The maximum Gasteiger partial charge on any atom is 0.322 e. The molecule has 1 aliphatic rings. The van der Waals surface area contributed by atoms with Crippen LogP contribution >= 0.6 is 0 Å². The number of urea groups is 1. The van der Waals surface area contributed by atoms with Crippen LogP contribution in [0.1, 0.15) is 25.3 Å². The van der Waals surface area contributed by atoms with Gasteiger partial charge in [0.1, 0.15) is 0 Å². The van der Waals surface area contributed by atoms with Crippen molar-refractivity contribution in [3.05, 3.63) is 29.8 Å². The number of aliphatic hydroxyl groups excluding tert-OH is 1. The lowest BCUT2D eigenvalue weighted by Crippen LogP contribution is -2.51. The highest BCUT2D eigenvalue weighted by Crippen LogP contribution is 2.23. The molecule has 2 rings (SSSR count). The van der Waals surface area contributed by atoms with E-state index in [2.05, 4.69) is 18.3 Å². The van der Waals surface area contributed by atoms with Crippen molar-refractivity contribution in [2.75, 3.05) is 18.5 Å². The first-order valence-corrected chi connectivity index (χ1v) is 7.30. The standard InChI is InChI=1S/C16H21N3O2/c1-12-3-2-10-19(15(12)11-20)16(21)18-14-6-4-13(5-7-14)8-9-17/h4-7,12,15,20H,2-3,8,10-11H2,1H3,(H,18,21). The van der Waals surface area contributed by atoms with Gasteiger partial charge in [-0.05, 0) is 36.5 Å². The van der Waals surface area contributed by atoms with Gasteiger partial charge in [0.15, 0.2) is 0 Å². The zero-order chi connectivity index (χ0) is 15.2. The van der Waals surface area contributed by atoms with Crippen LogP contribution in [0.3, 0.4) is 0 Å². The molecule has 0 aliphatic carbocycles. The van der Waals surface area contributed by atoms with Crippen molar-refractivity contribution in [3.8, 4) is 6.07 Å². The highest BCUT2D eigenvalue weighted by atomic mass is 16.3. The number of hydrogen-bond acceptors (Lipinski definition) is 3. The lowest BCUT2D eigenvalue weighted by atomic mass is 9.91. The van der Waals surface area contributed by atoms with E-state index in [-0.39, 0.29) is 18.7 Å². The summed E-state index contributed by atoms with van der Waals surface area (Å²) >= 11 is 0. The van der Waals surface area contributed by atoms with Crippen LogP contribution in [-0.4, -0.2) is 35.2 Å². The van der Waals surface area contributed by atoms with Crippen molar-refractivity contribution < 1.29 is 9.90 Å². The Hall–Kier alpha value is -2.06. The first kappa shape index (κ1) is 15.3. The number of nitriles is 1. The summed E-state index contributed by atoms with van der Waals surface area (Å²) < 4.78 is 0. The predicted octanol–water partition coefficient (Wildman–Crippen LogP) is 2.38. The lowest BCUT2D eigenvalue weighted by Gasteiger charge is -2.38. The number of likely N-dealkylation sites (tertiary alicyclic amines) is 1. The van der Waals surface area contributed by atoms with E-state index >= 15 is 0 Å². The monoisotopic (exact) mass is 287 g/mol. The molecule has 1 heterocycles. The van der Waals surface area contributed by atoms with Gasteiger partial charge in [0.25, 0.3) is 0 Å². The van der Waals surface area contributed by atoms with Crippen LogP contribution in [0.2, 0.25) is 0 Å². The van der Waals surface area contributed by atoms with Crippen LogP contribution in [0, 0.1) is 17.2 Å². The van der Waals surface area contributed by atoms with Crippen molar-refractivity contribution in [2.24, 2.45) is 5.92 Å². The van der Waals surface area contributed by atoms with E-state index < -0.39 is 0 Å². The van der Waals surface area contributed by atoms with E-state index in [0.717, 1.165) is 18.4 Å². The van der Waals surface area contributed by atoms with Gasteiger partial charge >= 0.3 is 6.03 Å². The molecule has 0 spiro atoms. The number of nitrogens with one attached hydrogen (secondary N) is 1. The molecule has 112 valence electrons. The molecule has 2 atom stereocenters. The minimum absolute atomic E-state index is 0.00427. The number of anilines is 1. The molecule has 2 N–H and O–H groups in total. The SMILES string of the molecule is CC1CCCN(C(=O)Nc2ccc(CC#N)cc2)C1CO. The molecular weight excluding hydrogens is 266 g/mol. The zero-order valence-corrected chi connectivity index (χ0v) is 12.2. The number of nitrogens with zero attached hydrogens (tertiary/aromatic N) is 2. The quantitative estimate of drug-likeness (QED) is 0.896. The van der Waals surface area contributed by atoms with E-state index in [1.165, 1.54) is 0 Å². The van der Waals surface area contributed by atoms with Gasteiger partial charge in [-0.1, -0.05) is 19.1 Å². The molecule has 0 bridgehead atoms. The van der Waals surface area contributed by atoms with Gasteiger partial charge in [-0.15, -0.1) is 0 Å². The third-order valence-corrected chi connectivity index (χ3v) is 4.05. The van der Waals surface area contributed by atoms with Crippen LogP contribution in [0.25, 0.3) is 0 Å². The number of rotatable bonds is 3. The number of benzene rings is 1. The summed E-state index contributed by atoms with van der Waals surface area (Å²) in [4.78, 5) is 14.1. The highest BCUT2D eigenvalue weighted by Gasteiger charge is 2.31. The first-order valence-electron chi connectivity index (χ1n) is 7.30. The molecule has 0 aromatic heterocycles. The maximum atomic E-state index is 12.3. The Morgan fingerprint density at radius 1 is 1.48 bits per heavy atom. The van der Waals surface area contributed by atoms with Crippen molar-refractivity contribution >= 4 is 11.7 Å². The summed E-state index contributed by atoms with van der Waals surface area (Å²) in [6, 6.07) is 9.07. The number of amides is 2. The number of carbonyl (C=O) groups excluding carboxylic acids is 1. The van der Waals surface area contributed by atoms with Crippen molar-refractivity contribution in [3.63, 3.8) is 0 Å². The third-order valence-electron chi connectivity index (χ3n) is 4.05. The van der Waals surface area contributed by atoms with Crippen LogP contribution < -0.4 is 5.32 Å². The van der Waals surface area contributed by atoms with Crippen LogP contribution in [0.4, 0.5) is 10.5 Å². The molecule has 5 heteroatoms.